The van der Waals surface area contributed by atoms with Crippen LogP contribution in [0.2, 0.25) is 0 Å². The van der Waals surface area contributed by atoms with Gasteiger partial charge in [0.25, 0.3) is 0 Å². The number of hydrogen-bond donors (Lipinski definition) is 1. The Morgan fingerprint density at radius 1 is 1.13 bits per heavy atom. The molecule has 0 aliphatic rings. The Morgan fingerprint density at radius 3 is 2.33 bits per heavy atom. The fraction of sp³-hybridized carbons (Fsp3) is 0.273. The molecule has 15 heavy (non-hydrogen) atoms. The van der Waals surface area contributed by atoms with Gasteiger partial charge in [0.1, 0.15) is 0 Å². The van der Waals surface area contributed by atoms with E-state index < -0.39 is 0 Å². The van der Waals surface area contributed by atoms with Crippen molar-refractivity contribution >= 4 is 0 Å². The van der Waals surface area contributed by atoms with Crippen molar-refractivity contribution < 1.29 is 4.42 Å². The molecule has 0 saturated heterocycles. The molecule has 2 aromatic rings. The summed E-state index contributed by atoms with van der Waals surface area (Å²) in [6, 6.07) is 6.13. The monoisotopic (exact) mass is 203 g/mol. The Balaban J connectivity index is 2.44. The van der Waals surface area contributed by atoms with Gasteiger partial charge in [-0.15, -0.1) is 10.2 Å². The molecule has 1 aromatic carbocycles. The van der Waals surface area contributed by atoms with Gasteiger partial charge in [0.15, 0.2) is 0 Å². The van der Waals surface area contributed by atoms with E-state index in [-0.39, 0.29) is 6.54 Å². The number of hydrogen-bond acceptors (Lipinski definition) is 4. The number of benzene rings is 1. The minimum atomic E-state index is 0.276. The van der Waals surface area contributed by atoms with Crippen molar-refractivity contribution in [3.8, 4) is 11.5 Å². The van der Waals surface area contributed by atoms with Gasteiger partial charge in [0, 0.05) is 5.56 Å². The predicted octanol–water partition coefficient (Wildman–Crippen LogP) is 1.81. The maximum Gasteiger partial charge on any atom is 0.247 e. The first-order valence-corrected chi connectivity index (χ1v) is 4.80. The fourth-order valence-electron chi connectivity index (χ4n) is 1.55. The molecule has 0 atom stereocenters. The van der Waals surface area contributed by atoms with Crippen LogP contribution >= 0.6 is 0 Å². The Kier molecular flexibility index (Phi) is 2.51. The predicted molar refractivity (Wildman–Crippen MR) is 57.1 cm³/mol. The van der Waals surface area contributed by atoms with Gasteiger partial charge in [-0.2, -0.15) is 0 Å². The number of aromatic nitrogens is 2. The molecule has 78 valence electrons. The third kappa shape index (κ3) is 2.05. The summed E-state index contributed by atoms with van der Waals surface area (Å²) in [4.78, 5) is 0. The first-order valence-electron chi connectivity index (χ1n) is 4.80. The molecule has 4 heteroatoms. The van der Waals surface area contributed by atoms with Gasteiger partial charge < -0.3 is 10.2 Å². The molecule has 0 aliphatic heterocycles. The molecule has 0 aliphatic carbocycles. The Hall–Kier alpha value is -1.68. The van der Waals surface area contributed by atoms with Crippen molar-refractivity contribution in [2.75, 3.05) is 0 Å². The third-order valence-electron chi connectivity index (χ3n) is 2.11. The summed E-state index contributed by atoms with van der Waals surface area (Å²) in [5, 5.41) is 7.77. The number of nitrogens with two attached hydrogens (primary N) is 1. The van der Waals surface area contributed by atoms with Crippen LogP contribution in [0.25, 0.3) is 11.5 Å². The second-order valence-electron chi connectivity index (χ2n) is 3.58. The summed E-state index contributed by atoms with van der Waals surface area (Å²) in [6.07, 6.45) is 0. The van der Waals surface area contributed by atoms with E-state index in [2.05, 4.69) is 16.3 Å². The molecular formula is C11H13N3O. The average Bonchev–Trinajstić information content (AvgIpc) is 2.64. The lowest BCUT2D eigenvalue weighted by molar-refractivity contribution is 0.508. The van der Waals surface area contributed by atoms with Crippen LogP contribution in [0.1, 0.15) is 17.0 Å². The second kappa shape index (κ2) is 3.82. The highest BCUT2D eigenvalue weighted by Crippen LogP contribution is 2.20. The number of aryl methyl sites for hydroxylation is 2. The topological polar surface area (TPSA) is 64.9 Å². The first kappa shape index (κ1) is 9.86. The van der Waals surface area contributed by atoms with Gasteiger partial charge in [-0.3, -0.25) is 0 Å². The van der Waals surface area contributed by atoms with Crippen LogP contribution in [0.3, 0.4) is 0 Å². The summed E-state index contributed by atoms with van der Waals surface area (Å²) >= 11 is 0. The van der Waals surface area contributed by atoms with Crippen LogP contribution in [-0.2, 0) is 6.54 Å². The molecule has 0 fully saturated rings. The summed E-state index contributed by atoms with van der Waals surface area (Å²) in [5.74, 6) is 0.992. The van der Waals surface area contributed by atoms with E-state index in [1.807, 2.05) is 26.0 Å². The number of rotatable bonds is 2. The largest absolute Gasteiger partial charge is 0.419 e. The molecule has 2 rings (SSSR count). The standard InChI is InChI=1S/C11H13N3O/c1-7-3-8(2)5-9(4-7)11-14-13-10(6-12)15-11/h3-5H,6,12H2,1-2H3. The van der Waals surface area contributed by atoms with Crippen molar-refractivity contribution in [3.63, 3.8) is 0 Å². The highest BCUT2D eigenvalue weighted by molar-refractivity contribution is 5.55. The minimum absolute atomic E-state index is 0.276. The Labute approximate surface area is 88.1 Å². The quantitative estimate of drug-likeness (QED) is 0.808. The van der Waals surface area contributed by atoms with Crippen LogP contribution in [0.5, 0.6) is 0 Å². The maximum atomic E-state index is 5.40. The maximum absolute atomic E-state index is 5.40. The van der Waals surface area contributed by atoms with E-state index in [9.17, 15) is 0 Å². The zero-order valence-corrected chi connectivity index (χ0v) is 8.82. The average molecular weight is 203 g/mol. The molecule has 0 radical (unpaired) electrons. The molecule has 0 amide bonds. The summed E-state index contributed by atoms with van der Waals surface area (Å²) in [6.45, 7) is 4.35. The third-order valence-corrected chi connectivity index (χ3v) is 2.11. The summed E-state index contributed by atoms with van der Waals surface area (Å²) in [5.41, 5.74) is 8.71. The lowest BCUT2D eigenvalue weighted by Gasteiger charge is -1.99. The molecule has 4 nitrogen and oxygen atoms in total. The van der Waals surface area contributed by atoms with E-state index in [0.29, 0.717) is 11.8 Å². The molecule has 0 unspecified atom stereocenters. The summed E-state index contributed by atoms with van der Waals surface area (Å²) < 4.78 is 5.38. The molecule has 0 saturated carbocycles. The van der Waals surface area contributed by atoms with Crippen LogP contribution in [-0.4, -0.2) is 10.2 Å². The van der Waals surface area contributed by atoms with Crippen LogP contribution in [0.4, 0.5) is 0 Å². The Morgan fingerprint density at radius 2 is 1.80 bits per heavy atom. The van der Waals surface area contributed by atoms with E-state index in [1.165, 1.54) is 11.1 Å². The van der Waals surface area contributed by atoms with Crippen molar-refractivity contribution in [2.45, 2.75) is 20.4 Å². The van der Waals surface area contributed by atoms with Gasteiger partial charge in [0.2, 0.25) is 11.8 Å². The van der Waals surface area contributed by atoms with Crippen LogP contribution in [0, 0.1) is 13.8 Å². The molecule has 0 bridgehead atoms. The highest BCUT2D eigenvalue weighted by atomic mass is 16.4. The van der Waals surface area contributed by atoms with Crippen molar-refractivity contribution in [1.29, 1.82) is 0 Å². The normalized spacial score (nSPS) is 10.6. The van der Waals surface area contributed by atoms with E-state index in [0.717, 1.165) is 5.56 Å². The molecule has 2 N–H and O–H groups in total. The van der Waals surface area contributed by atoms with Gasteiger partial charge in [-0.1, -0.05) is 17.2 Å². The zero-order chi connectivity index (χ0) is 10.8. The van der Waals surface area contributed by atoms with E-state index in [1.54, 1.807) is 0 Å². The highest BCUT2D eigenvalue weighted by Gasteiger charge is 2.07. The zero-order valence-electron chi connectivity index (χ0n) is 8.82. The van der Waals surface area contributed by atoms with Crippen LogP contribution < -0.4 is 5.73 Å². The molecule has 1 heterocycles. The lowest BCUT2D eigenvalue weighted by atomic mass is 10.1. The van der Waals surface area contributed by atoms with Crippen molar-refractivity contribution in [3.05, 3.63) is 35.2 Å². The van der Waals surface area contributed by atoms with Crippen LogP contribution in [0.15, 0.2) is 22.6 Å². The molecular weight excluding hydrogens is 190 g/mol. The Bertz CT molecular complexity index is 456. The second-order valence-corrected chi connectivity index (χ2v) is 3.58. The van der Waals surface area contributed by atoms with E-state index >= 15 is 0 Å². The lowest BCUT2D eigenvalue weighted by Crippen LogP contribution is -1.95. The molecule has 1 aromatic heterocycles. The fourth-order valence-corrected chi connectivity index (χ4v) is 1.55. The SMILES string of the molecule is Cc1cc(C)cc(-c2nnc(CN)o2)c1. The van der Waals surface area contributed by atoms with Gasteiger partial charge in [-0.05, 0) is 26.0 Å². The summed E-state index contributed by atoms with van der Waals surface area (Å²) in [7, 11) is 0. The van der Waals surface area contributed by atoms with Crippen molar-refractivity contribution in [1.82, 2.24) is 10.2 Å². The van der Waals surface area contributed by atoms with Gasteiger partial charge in [0.05, 0.1) is 6.54 Å². The smallest absolute Gasteiger partial charge is 0.247 e. The van der Waals surface area contributed by atoms with Gasteiger partial charge in [-0.25, -0.2) is 0 Å². The minimum Gasteiger partial charge on any atom is -0.419 e. The first-order chi connectivity index (χ1) is 7.19. The van der Waals surface area contributed by atoms with E-state index in [4.69, 9.17) is 10.2 Å². The number of nitrogens with zero attached hydrogens (tertiary/aromatic N) is 2. The molecule has 0 spiro atoms. The van der Waals surface area contributed by atoms with Gasteiger partial charge >= 0.3 is 0 Å². The van der Waals surface area contributed by atoms with Crippen molar-refractivity contribution in [2.24, 2.45) is 5.73 Å².